The minimum absolute atomic E-state index is 0.128. The highest BCUT2D eigenvalue weighted by atomic mass is 16.3. The second-order valence-corrected chi connectivity index (χ2v) is 6.70. The molecule has 0 aliphatic carbocycles. The number of nitrogens with one attached hydrogen (secondary N) is 1. The standard InChI is InChI=1S/C17H21N5O2/c1-21-15(6-11-4-5-18-16(24)7-11)19-20-17(21)22-9-12-2-3-14(23)8-13(12)10-22/h2-3,8,11,23H,4-7,9-10H2,1H3,(H,18,24). The van der Waals surface area contributed by atoms with Crippen LogP contribution in [-0.2, 0) is 31.4 Å². The zero-order valence-electron chi connectivity index (χ0n) is 13.7. The van der Waals surface area contributed by atoms with Gasteiger partial charge in [0.05, 0.1) is 0 Å². The first-order chi connectivity index (χ1) is 11.6. The first kappa shape index (κ1) is 15.0. The van der Waals surface area contributed by atoms with E-state index in [1.807, 2.05) is 23.7 Å². The Morgan fingerprint density at radius 3 is 2.96 bits per heavy atom. The van der Waals surface area contributed by atoms with Gasteiger partial charge in [-0.2, -0.15) is 0 Å². The summed E-state index contributed by atoms with van der Waals surface area (Å²) in [6.07, 6.45) is 2.33. The first-order valence-electron chi connectivity index (χ1n) is 8.31. The number of carbonyl (C=O) groups excluding carboxylic acids is 1. The van der Waals surface area contributed by atoms with Crippen LogP contribution < -0.4 is 10.2 Å². The Kier molecular flexibility index (Phi) is 3.63. The first-order valence-corrected chi connectivity index (χ1v) is 8.31. The SMILES string of the molecule is Cn1c(CC2CCNC(=O)C2)nnc1N1Cc2ccc(O)cc2C1. The minimum Gasteiger partial charge on any atom is -0.508 e. The van der Waals surface area contributed by atoms with E-state index in [-0.39, 0.29) is 5.91 Å². The number of rotatable bonds is 3. The molecule has 0 bridgehead atoms. The zero-order chi connectivity index (χ0) is 16.7. The summed E-state index contributed by atoms with van der Waals surface area (Å²) in [6, 6.07) is 5.49. The summed E-state index contributed by atoms with van der Waals surface area (Å²) in [5, 5.41) is 21.2. The molecule has 1 amide bonds. The van der Waals surface area contributed by atoms with E-state index in [2.05, 4.69) is 20.4 Å². The summed E-state index contributed by atoms with van der Waals surface area (Å²) in [5.41, 5.74) is 2.34. The van der Waals surface area contributed by atoms with Gasteiger partial charge in [0.15, 0.2) is 0 Å². The van der Waals surface area contributed by atoms with Gasteiger partial charge in [-0.3, -0.25) is 4.79 Å². The molecule has 4 rings (SSSR count). The number of anilines is 1. The van der Waals surface area contributed by atoms with Crippen molar-refractivity contribution in [2.75, 3.05) is 11.4 Å². The zero-order valence-corrected chi connectivity index (χ0v) is 13.7. The molecular weight excluding hydrogens is 306 g/mol. The van der Waals surface area contributed by atoms with E-state index < -0.39 is 0 Å². The second-order valence-electron chi connectivity index (χ2n) is 6.70. The number of amides is 1. The number of benzene rings is 1. The fourth-order valence-electron chi connectivity index (χ4n) is 3.61. The van der Waals surface area contributed by atoms with Crippen molar-refractivity contribution in [2.24, 2.45) is 13.0 Å². The van der Waals surface area contributed by atoms with Crippen molar-refractivity contribution in [1.29, 1.82) is 0 Å². The van der Waals surface area contributed by atoms with Gasteiger partial charge >= 0.3 is 0 Å². The highest BCUT2D eigenvalue weighted by Crippen LogP contribution is 2.30. The molecule has 2 aromatic rings. The maximum atomic E-state index is 11.5. The maximum Gasteiger partial charge on any atom is 0.227 e. The molecule has 1 saturated heterocycles. The lowest BCUT2D eigenvalue weighted by Crippen LogP contribution is -2.34. The van der Waals surface area contributed by atoms with Gasteiger partial charge in [-0.1, -0.05) is 6.07 Å². The van der Waals surface area contributed by atoms with Crippen LogP contribution in [0.2, 0.25) is 0 Å². The van der Waals surface area contributed by atoms with Crippen molar-refractivity contribution in [2.45, 2.75) is 32.4 Å². The minimum atomic E-state index is 0.128. The number of fused-ring (bicyclic) bond motifs is 1. The molecule has 1 aromatic heterocycles. The lowest BCUT2D eigenvalue weighted by atomic mass is 9.94. The van der Waals surface area contributed by atoms with Crippen LogP contribution in [0, 0.1) is 5.92 Å². The summed E-state index contributed by atoms with van der Waals surface area (Å²) >= 11 is 0. The molecular formula is C17H21N5O2. The van der Waals surface area contributed by atoms with Gasteiger partial charge in [-0.25, -0.2) is 0 Å². The van der Waals surface area contributed by atoms with Gasteiger partial charge in [0, 0.05) is 39.5 Å². The number of aromatic nitrogens is 3. The van der Waals surface area contributed by atoms with Crippen LogP contribution in [0.3, 0.4) is 0 Å². The van der Waals surface area contributed by atoms with Crippen LogP contribution in [0.4, 0.5) is 5.95 Å². The average Bonchev–Trinajstić information content (AvgIpc) is 3.11. The molecule has 0 spiro atoms. The number of hydrogen-bond donors (Lipinski definition) is 2. The smallest absolute Gasteiger partial charge is 0.227 e. The molecule has 2 aliphatic heterocycles. The van der Waals surface area contributed by atoms with Gasteiger partial charge in [-0.15, -0.1) is 10.2 Å². The lowest BCUT2D eigenvalue weighted by Gasteiger charge is -2.22. The van der Waals surface area contributed by atoms with Gasteiger partial charge in [-0.05, 0) is 35.6 Å². The quantitative estimate of drug-likeness (QED) is 0.882. The van der Waals surface area contributed by atoms with Gasteiger partial charge < -0.3 is 19.9 Å². The fourth-order valence-corrected chi connectivity index (χ4v) is 3.61. The van der Waals surface area contributed by atoms with Gasteiger partial charge in [0.25, 0.3) is 0 Å². The van der Waals surface area contributed by atoms with Crippen LogP contribution >= 0.6 is 0 Å². The molecule has 2 N–H and O–H groups in total. The molecule has 1 fully saturated rings. The van der Waals surface area contributed by atoms with Crippen LogP contribution in [-0.4, -0.2) is 32.3 Å². The number of phenols is 1. The molecule has 2 aliphatic rings. The van der Waals surface area contributed by atoms with Crippen LogP contribution in [0.5, 0.6) is 5.75 Å². The van der Waals surface area contributed by atoms with Crippen molar-refractivity contribution in [3.63, 3.8) is 0 Å². The third-order valence-electron chi connectivity index (χ3n) is 4.96. The van der Waals surface area contributed by atoms with Crippen molar-refractivity contribution in [3.8, 4) is 5.75 Å². The molecule has 1 aromatic carbocycles. The molecule has 7 nitrogen and oxygen atoms in total. The van der Waals surface area contributed by atoms with E-state index in [9.17, 15) is 9.90 Å². The molecule has 24 heavy (non-hydrogen) atoms. The maximum absolute atomic E-state index is 11.5. The summed E-state index contributed by atoms with van der Waals surface area (Å²) in [6.45, 7) is 2.24. The lowest BCUT2D eigenvalue weighted by molar-refractivity contribution is -0.123. The molecule has 0 saturated carbocycles. The summed E-state index contributed by atoms with van der Waals surface area (Å²) in [4.78, 5) is 13.7. The molecule has 3 heterocycles. The monoisotopic (exact) mass is 327 g/mol. The Balaban J connectivity index is 1.50. The van der Waals surface area contributed by atoms with Crippen LogP contribution in [0.1, 0.15) is 29.8 Å². The summed E-state index contributed by atoms with van der Waals surface area (Å²) in [7, 11) is 1.98. The molecule has 126 valence electrons. The van der Waals surface area contributed by atoms with Gasteiger partial charge in [0.1, 0.15) is 11.6 Å². The molecule has 1 unspecified atom stereocenters. The Labute approximate surface area is 140 Å². The van der Waals surface area contributed by atoms with Crippen molar-refractivity contribution < 1.29 is 9.90 Å². The largest absolute Gasteiger partial charge is 0.508 e. The number of hydrogen-bond acceptors (Lipinski definition) is 5. The second kappa shape index (κ2) is 5.81. The predicted molar refractivity (Wildman–Crippen MR) is 88.4 cm³/mol. The van der Waals surface area contributed by atoms with Crippen molar-refractivity contribution in [3.05, 3.63) is 35.2 Å². The number of aromatic hydroxyl groups is 1. The number of nitrogens with zero attached hydrogens (tertiary/aromatic N) is 4. The summed E-state index contributed by atoms with van der Waals surface area (Å²) in [5.74, 6) is 2.51. The normalized spacial score (nSPS) is 20.1. The van der Waals surface area contributed by atoms with E-state index in [4.69, 9.17) is 0 Å². The Morgan fingerprint density at radius 2 is 2.12 bits per heavy atom. The number of piperidine rings is 1. The van der Waals surface area contributed by atoms with E-state index in [1.54, 1.807) is 6.07 Å². The van der Waals surface area contributed by atoms with E-state index in [0.717, 1.165) is 49.8 Å². The predicted octanol–water partition coefficient (Wildman–Crippen LogP) is 1.11. The highest BCUT2D eigenvalue weighted by Gasteiger charge is 2.26. The topological polar surface area (TPSA) is 83.3 Å². The number of phenolic OH excluding ortho intramolecular Hbond substituents is 1. The highest BCUT2D eigenvalue weighted by molar-refractivity contribution is 5.76. The van der Waals surface area contributed by atoms with E-state index >= 15 is 0 Å². The average molecular weight is 327 g/mol. The van der Waals surface area contributed by atoms with Crippen molar-refractivity contribution in [1.82, 2.24) is 20.1 Å². The third-order valence-corrected chi connectivity index (χ3v) is 4.96. The molecule has 7 heteroatoms. The third kappa shape index (κ3) is 2.70. The van der Waals surface area contributed by atoms with Crippen LogP contribution in [0.25, 0.3) is 0 Å². The number of carbonyl (C=O) groups is 1. The Morgan fingerprint density at radius 1 is 1.29 bits per heavy atom. The van der Waals surface area contributed by atoms with Gasteiger partial charge in [0.2, 0.25) is 11.9 Å². The Bertz CT molecular complexity index is 785. The van der Waals surface area contributed by atoms with Crippen LogP contribution in [0.15, 0.2) is 18.2 Å². The molecule has 0 radical (unpaired) electrons. The van der Waals surface area contributed by atoms with E-state index in [1.165, 1.54) is 5.56 Å². The molecule has 1 atom stereocenters. The van der Waals surface area contributed by atoms with Crippen molar-refractivity contribution >= 4 is 11.9 Å². The summed E-state index contributed by atoms with van der Waals surface area (Å²) < 4.78 is 2.03. The Hall–Kier alpha value is -2.57. The fraction of sp³-hybridized carbons (Fsp3) is 0.471. The van der Waals surface area contributed by atoms with E-state index in [0.29, 0.717) is 18.1 Å².